The van der Waals surface area contributed by atoms with Gasteiger partial charge >= 0.3 is 0 Å². The van der Waals surface area contributed by atoms with Crippen molar-refractivity contribution >= 4 is 23.2 Å². The SMILES string of the molecule is CCCCOc1ccc([C@@H]2[C@H]3C(=O)N(c4ccc(C)cc4C)C(=O)[C@H]3ON2c2ccccc2)cc1OCC. The summed E-state index contributed by atoms with van der Waals surface area (Å²) in [5, 5.41) is 1.70. The lowest BCUT2D eigenvalue weighted by atomic mass is 9.90. The second-order valence-corrected chi connectivity index (χ2v) is 9.80. The zero-order chi connectivity index (χ0) is 26.8. The molecule has 2 fully saturated rings. The first-order valence-corrected chi connectivity index (χ1v) is 13.3. The van der Waals surface area contributed by atoms with Gasteiger partial charge in [0, 0.05) is 0 Å². The number of para-hydroxylation sites is 1. The van der Waals surface area contributed by atoms with Crippen LogP contribution in [0, 0.1) is 19.8 Å². The molecule has 0 aromatic heterocycles. The maximum absolute atomic E-state index is 14.0. The number of hydrogen-bond acceptors (Lipinski definition) is 6. The molecule has 2 aliphatic rings. The summed E-state index contributed by atoms with van der Waals surface area (Å²) in [7, 11) is 0. The van der Waals surface area contributed by atoms with E-state index in [0.717, 1.165) is 35.2 Å². The minimum Gasteiger partial charge on any atom is -0.490 e. The summed E-state index contributed by atoms with van der Waals surface area (Å²) in [6.45, 7) is 9.02. The molecular formula is C31H34N2O5. The summed E-state index contributed by atoms with van der Waals surface area (Å²) in [6.07, 6.45) is 1.05. The van der Waals surface area contributed by atoms with E-state index >= 15 is 0 Å². The third-order valence-corrected chi connectivity index (χ3v) is 7.08. The molecule has 0 N–H and O–H groups in total. The summed E-state index contributed by atoms with van der Waals surface area (Å²) in [5.74, 6) is -0.0571. The van der Waals surface area contributed by atoms with Gasteiger partial charge in [0.05, 0.1) is 30.6 Å². The summed E-state index contributed by atoms with van der Waals surface area (Å²) in [4.78, 5) is 35.2. The summed E-state index contributed by atoms with van der Waals surface area (Å²) >= 11 is 0. The molecule has 3 aromatic carbocycles. The van der Waals surface area contributed by atoms with Gasteiger partial charge in [0.2, 0.25) is 5.91 Å². The number of benzene rings is 3. The average Bonchev–Trinajstić information content (AvgIpc) is 3.42. The smallest absolute Gasteiger partial charge is 0.266 e. The van der Waals surface area contributed by atoms with Crippen LogP contribution >= 0.6 is 0 Å². The van der Waals surface area contributed by atoms with Crippen LogP contribution in [-0.4, -0.2) is 31.1 Å². The topological polar surface area (TPSA) is 68.3 Å². The van der Waals surface area contributed by atoms with Crippen LogP contribution in [0.3, 0.4) is 0 Å². The van der Waals surface area contributed by atoms with Gasteiger partial charge in [-0.3, -0.25) is 14.4 Å². The molecule has 2 aliphatic heterocycles. The molecule has 2 saturated heterocycles. The number of hydrogen-bond donors (Lipinski definition) is 0. The molecule has 2 heterocycles. The minimum atomic E-state index is -0.926. The largest absolute Gasteiger partial charge is 0.490 e. The fourth-order valence-corrected chi connectivity index (χ4v) is 5.27. The van der Waals surface area contributed by atoms with Crippen LogP contribution in [0.15, 0.2) is 66.7 Å². The number of fused-ring (bicyclic) bond motifs is 1. The van der Waals surface area contributed by atoms with Crippen LogP contribution in [0.4, 0.5) is 11.4 Å². The Bertz CT molecular complexity index is 1330. The number of nitrogens with zero attached hydrogens (tertiary/aromatic N) is 2. The van der Waals surface area contributed by atoms with Crippen LogP contribution in [0.25, 0.3) is 0 Å². The Morgan fingerprint density at radius 3 is 2.37 bits per heavy atom. The van der Waals surface area contributed by atoms with Crippen LogP contribution in [-0.2, 0) is 14.4 Å². The lowest BCUT2D eigenvalue weighted by Crippen LogP contribution is -2.37. The Morgan fingerprint density at radius 2 is 1.66 bits per heavy atom. The molecule has 5 rings (SSSR count). The molecule has 2 amide bonds. The van der Waals surface area contributed by atoms with Crippen molar-refractivity contribution in [2.45, 2.75) is 52.7 Å². The first kappa shape index (κ1) is 25.8. The van der Waals surface area contributed by atoms with Crippen molar-refractivity contribution < 1.29 is 23.9 Å². The van der Waals surface area contributed by atoms with Crippen LogP contribution in [0.5, 0.6) is 11.5 Å². The van der Waals surface area contributed by atoms with Crippen molar-refractivity contribution in [2.75, 3.05) is 23.2 Å². The summed E-state index contributed by atoms with van der Waals surface area (Å²) in [6, 6.07) is 20.5. The molecule has 7 nitrogen and oxygen atoms in total. The van der Waals surface area contributed by atoms with E-state index in [2.05, 4.69) is 6.92 Å². The monoisotopic (exact) mass is 514 g/mol. The van der Waals surface area contributed by atoms with Gasteiger partial charge in [-0.2, -0.15) is 0 Å². The third kappa shape index (κ3) is 4.63. The normalized spacial score (nSPS) is 20.7. The highest BCUT2D eigenvalue weighted by Crippen LogP contribution is 2.49. The van der Waals surface area contributed by atoms with Gasteiger partial charge in [0.15, 0.2) is 17.6 Å². The molecule has 3 atom stereocenters. The second-order valence-electron chi connectivity index (χ2n) is 9.80. The first-order valence-electron chi connectivity index (χ1n) is 13.3. The number of carbonyl (C=O) groups is 2. The Hall–Kier alpha value is -3.84. The zero-order valence-electron chi connectivity index (χ0n) is 22.3. The van der Waals surface area contributed by atoms with Crippen molar-refractivity contribution in [3.63, 3.8) is 0 Å². The van der Waals surface area contributed by atoms with Crippen molar-refractivity contribution in [3.05, 3.63) is 83.4 Å². The zero-order valence-corrected chi connectivity index (χ0v) is 22.3. The fourth-order valence-electron chi connectivity index (χ4n) is 5.27. The van der Waals surface area contributed by atoms with Crippen LogP contribution in [0.1, 0.15) is 49.4 Å². The molecule has 0 radical (unpaired) electrons. The van der Waals surface area contributed by atoms with E-state index in [4.69, 9.17) is 14.3 Å². The highest BCUT2D eigenvalue weighted by Gasteiger charge is 2.60. The average molecular weight is 515 g/mol. The van der Waals surface area contributed by atoms with Crippen molar-refractivity contribution in [1.29, 1.82) is 0 Å². The first-order chi connectivity index (χ1) is 18.4. The third-order valence-electron chi connectivity index (χ3n) is 7.08. The predicted octanol–water partition coefficient (Wildman–Crippen LogP) is 5.93. The van der Waals surface area contributed by atoms with Crippen LogP contribution < -0.4 is 19.4 Å². The number of hydroxylamine groups is 1. The number of aryl methyl sites for hydroxylation is 2. The summed E-state index contributed by atoms with van der Waals surface area (Å²) < 4.78 is 11.9. The van der Waals surface area contributed by atoms with Gasteiger partial charge in [-0.1, -0.05) is 55.3 Å². The maximum Gasteiger partial charge on any atom is 0.266 e. The maximum atomic E-state index is 14.0. The number of ether oxygens (including phenoxy) is 2. The van der Waals surface area contributed by atoms with E-state index in [1.807, 2.05) is 87.5 Å². The molecule has 198 valence electrons. The van der Waals surface area contributed by atoms with Crippen LogP contribution in [0.2, 0.25) is 0 Å². The van der Waals surface area contributed by atoms with Crippen molar-refractivity contribution in [1.82, 2.24) is 0 Å². The molecular weight excluding hydrogens is 480 g/mol. The van der Waals surface area contributed by atoms with Crippen molar-refractivity contribution in [2.24, 2.45) is 5.92 Å². The fraction of sp³-hybridized carbons (Fsp3) is 0.355. The molecule has 38 heavy (non-hydrogen) atoms. The van der Waals surface area contributed by atoms with E-state index in [1.54, 1.807) is 5.06 Å². The Labute approximate surface area is 223 Å². The van der Waals surface area contributed by atoms with Gasteiger partial charge in [-0.05, 0) is 68.7 Å². The van der Waals surface area contributed by atoms with E-state index in [-0.39, 0.29) is 11.8 Å². The van der Waals surface area contributed by atoms with Gasteiger partial charge in [0.25, 0.3) is 5.91 Å². The second kappa shape index (κ2) is 10.9. The highest BCUT2D eigenvalue weighted by atomic mass is 16.7. The molecule has 0 aliphatic carbocycles. The summed E-state index contributed by atoms with van der Waals surface area (Å²) in [5.41, 5.74) is 4.13. The van der Waals surface area contributed by atoms with Gasteiger partial charge in [-0.15, -0.1) is 0 Å². The number of unbranched alkanes of at least 4 members (excludes halogenated alkanes) is 1. The number of imide groups is 1. The van der Waals surface area contributed by atoms with Gasteiger partial charge in [0.1, 0.15) is 5.92 Å². The molecule has 3 aromatic rings. The molecule has 0 bridgehead atoms. The number of rotatable bonds is 9. The standard InChI is InChI=1S/C31H34N2O5/c1-5-7-17-37-25-16-14-22(19-26(25)36-6-2)28-27-29(38-33(28)23-11-9-8-10-12-23)31(35)32(30(27)34)24-15-13-20(3)18-21(24)4/h8-16,18-19,27-29H,5-7,17H2,1-4H3/t27-,28-,29+/m1/s1. The van der Waals surface area contributed by atoms with E-state index in [9.17, 15) is 9.59 Å². The molecule has 0 saturated carbocycles. The molecule has 7 heteroatoms. The van der Waals surface area contributed by atoms with Crippen molar-refractivity contribution in [3.8, 4) is 11.5 Å². The van der Waals surface area contributed by atoms with E-state index in [0.29, 0.717) is 30.4 Å². The molecule has 0 spiro atoms. The lowest BCUT2D eigenvalue weighted by Gasteiger charge is -2.29. The minimum absolute atomic E-state index is 0.267. The lowest BCUT2D eigenvalue weighted by molar-refractivity contribution is -0.126. The highest BCUT2D eigenvalue weighted by molar-refractivity contribution is 6.24. The van der Waals surface area contributed by atoms with E-state index in [1.165, 1.54) is 4.90 Å². The van der Waals surface area contributed by atoms with E-state index < -0.39 is 18.1 Å². The quantitative estimate of drug-likeness (QED) is 0.260. The predicted molar refractivity (Wildman–Crippen MR) is 146 cm³/mol. The Morgan fingerprint density at radius 1 is 0.868 bits per heavy atom. The van der Waals surface area contributed by atoms with Gasteiger partial charge in [-0.25, -0.2) is 9.96 Å². The molecule has 0 unspecified atom stereocenters. The Kier molecular flexibility index (Phi) is 7.38. The number of anilines is 2. The van der Waals surface area contributed by atoms with Gasteiger partial charge < -0.3 is 9.47 Å². The number of carbonyl (C=O) groups excluding carboxylic acids is 2. The number of amides is 2. The Balaban J connectivity index is 1.56.